The summed E-state index contributed by atoms with van der Waals surface area (Å²) < 4.78 is 0. The van der Waals surface area contributed by atoms with Crippen molar-refractivity contribution in [2.45, 2.75) is 44.6 Å². The van der Waals surface area contributed by atoms with E-state index in [1.54, 1.807) is 0 Å². The molecule has 0 spiro atoms. The van der Waals surface area contributed by atoms with Crippen molar-refractivity contribution in [1.82, 2.24) is 26.6 Å². The van der Waals surface area contributed by atoms with E-state index in [9.17, 15) is 4.79 Å². The van der Waals surface area contributed by atoms with Gasteiger partial charge in [0.05, 0.1) is 0 Å². The number of rotatable bonds is 6. The Balaban J connectivity index is 1.52. The first-order valence-corrected chi connectivity index (χ1v) is 7.17. The molecule has 0 aromatic rings. The summed E-state index contributed by atoms with van der Waals surface area (Å²) in [5.74, 6) is 0.208. The number of carbonyl (C=O) groups is 1. The van der Waals surface area contributed by atoms with Crippen LogP contribution in [0.4, 0.5) is 0 Å². The standard InChI is InChI=1S/C13H25N5O/c1-18-8-6-11(7-9-18)15-13(19)5-3-2-4-12-10-14-17-16-12/h10-11,14,16-17H,2-9H2,1H3,(H,15,19). The Bertz CT molecular complexity index is 323. The summed E-state index contributed by atoms with van der Waals surface area (Å²) in [6.45, 7) is 2.18. The van der Waals surface area contributed by atoms with Gasteiger partial charge < -0.3 is 21.1 Å². The molecule has 6 nitrogen and oxygen atoms in total. The van der Waals surface area contributed by atoms with Crippen LogP contribution in [0.1, 0.15) is 38.5 Å². The summed E-state index contributed by atoms with van der Waals surface area (Å²) in [5, 5.41) is 3.15. The second kappa shape index (κ2) is 7.35. The van der Waals surface area contributed by atoms with Gasteiger partial charge in [-0.15, -0.1) is 0 Å². The predicted octanol–water partition coefficient (Wildman–Crippen LogP) is 0.211. The van der Waals surface area contributed by atoms with E-state index >= 15 is 0 Å². The van der Waals surface area contributed by atoms with Gasteiger partial charge in [0, 0.05) is 24.4 Å². The van der Waals surface area contributed by atoms with Crippen LogP contribution in [0.2, 0.25) is 0 Å². The molecular formula is C13H25N5O. The largest absolute Gasteiger partial charge is 0.353 e. The number of amides is 1. The van der Waals surface area contributed by atoms with Gasteiger partial charge in [0.15, 0.2) is 0 Å². The molecule has 2 heterocycles. The van der Waals surface area contributed by atoms with Gasteiger partial charge in [-0.25, -0.2) is 0 Å². The molecule has 1 amide bonds. The van der Waals surface area contributed by atoms with Gasteiger partial charge in [-0.05, 0) is 52.2 Å². The molecule has 2 rings (SSSR count). The second-order valence-corrected chi connectivity index (χ2v) is 5.42. The van der Waals surface area contributed by atoms with Crippen LogP contribution in [-0.2, 0) is 4.79 Å². The summed E-state index contributed by atoms with van der Waals surface area (Å²) in [5.41, 5.74) is 9.84. The zero-order valence-corrected chi connectivity index (χ0v) is 11.7. The number of unbranched alkanes of at least 4 members (excludes halogenated alkanes) is 1. The monoisotopic (exact) mass is 267 g/mol. The third kappa shape index (κ3) is 5.08. The smallest absolute Gasteiger partial charge is 0.220 e. The molecule has 108 valence electrons. The maximum absolute atomic E-state index is 11.8. The first kappa shape index (κ1) is 14.1. The summed E-state index contributed by atoms with van der Waals surface area (Å²) in [6, 6.07) is 0.385. The van der Waals surface area contributed by atoms with Crippen LogP contribution in [0.3, 0.4) is 0 Å². The van der Waals surface area contributed by atoms with Gasteiger partial charge in [-0.3, -0.25) is 4.79 Å². The minimum atomic E-state index is 0.208. The Morgan fingerprint density at radius 3 is 2.89 bits per heavy atom. The number of allylic oxidation sites excluding steroid dienone is 1. The second-order valence-electron chi connectivity index (χ2n) is 5.42. The van der Waals surface area contributed by atoms with E-state index in [4.69, 9.17) is 0 Å². The van der Waals surface area contributed by atoms with E-state index in [0.29, 0.717) is 12.5 Å². The minimum absolute atomic E-state index is 0.208. The molecule has 4 N–H and O–H groups in total. The summed E-state index contributed by atoms with van der Waals surface area (Å²) >= 11 is 0. The molecule has 0 aromatic heterocycles. The lowest BCUT2D eigenvalue weighted by molar-refractivity contribution is -0.122. The van der Waals surface area contributed by atoms with Crippen LogP contribution in [0.25, 0.3) is 0 Å². The van der Waals surface area contributed by atoms with E-state index < -0.39 is 0 Å². The van der Waals surface area contributed by atoms with Crippen LogP contribution in [0.15, 0.2) is 11.9 Å². The van der Waals surface area contributed by atoms with Gasteiger partial charge in [-0.1, -0.05) is 0 Å². The van der Waals surface area contributed by atoms with E-state index in [-0.39, 0.29) is 5.91 Å². The summed E-state index contributed by atoms with van der Waals surface area (Å²) in [4.78, 5) is 14.1. The lowest BCUT2D eigenvalue weighted by Gasteiger charge is -2.29. The van der Waals surface area contributed by atoms with Crippen LogP contribution in [0.5, 0.6) is 0 Å². The number of likely N-dealkylation sites (tertiary alicyclic amines) is 1. The number of carbonyl (C=O) groups excluding carboxylic acids is 1. The maximum atomic E-state index is 11.8. The van der Waals surface area contributed by atoms with Crippen LogP contribution in [0, 0.1) is 0 Å². The SMILES string of the molecule is CN1CCC(NC(=O)CCCCC2=CNNN2)CC1. The topological polar surface area (TPSA) is 68.4 Å². The fourth-order valence-corrected chi connectivity index (χ4v) is 2.46. The first-order chi connectivity index (χ1) is 9.24. The van der Waals surface area contributed by atoms with Crippen molar-refractivity contribution >= 4 is 5.91 Å². The van der Waals surface area contributed by atoms with E-state index in [2.05, 4.69) is 33.7 Å². The molecule has 19 heavy (non-hydrogen) atoms. The Hall–Kier alpha value is -1.27. The molecule has 0 aliphatic carbocycles. The number of nitrogens with one attached hydrogen (secondary N) is 4. The van der Waals surface area contributed by atoms with Gasteiger partial charge in [0.2, 0.25) is 5.91 Å². The predicted molar refractivity (Wildman–Crippen MR) is 74.6 cm³/mol. The van der Waals surface area contributed by atoms with Crippen molar-refractivity contribution < 1.29 is 4.79 Å². The first-order valence-electron chi connectivity index (χ1n) is 7.17. The summed E-state index contributed by atoms with van der Waals surface area (Å²) in [6.07, 6.45) is 7.66. The molecule has 1 fully saturated rings. The maximum Gasteiger partial charge on any atom is 0.220 e. The van der Waals surface area contributed by atoms with Gasteiger partial charge in [0.1, 0.15) is 0 Å². The molecule has 0 aromatic carbocycles. The third-order valence-corrected chi connectivity index (χ3v) is 3.73. The zero-order chi connectivity index (χ0) is 13.5. The number of hydrogen-bond acceptors (Lipinski definition) is 5. The summed E-state index contributed by atoms with van der Waals surface area (Å²) in [7, 11) is 2.13. The Morgan fingerprint density at radius 1 is 1.42 bits per heavy atom. The lowest BCUT2D eigenvalue weighted by Crippen LogP contribution is -2.43. The highest BCUT2D eigenvalue weighted by Gasteiger charge is 2.17. The van der Waals surface area contributed by atoms with Crippen molar-refractivity contribution in [3.63, 3.8) is 0 Å². The zero-order valence-electron chi connectivity index (χ0n) is 11.7. The minimum Gasteiger partial charge on any atom is -0.353 e. The fourth-order valence-electron chi connectivity index (χ4n) is 2.46. The van der Waals surface area contributed by atoms with E-state index in [0.717, 1.165) is 50.9 Å². The molecule has 0 bridgehead atoms. The molecule has 2 aliphatic rings. The molecule has 0 atom stereocenters. The van der Waals surface area contributed by atoms with E-state index in [1.165, 1.54) is 0 Å². The van der Waals surface area contributed by atoms with Crippen molar-refractivity contribution in [3.05, 3.63) is 11.9 Å². The number of hydrogen-bond donors (Lipinski definition) is 4. The highest BCUT2D eigenvalue weighted by atomic mass is 16.1. The lowest BCUT2D eigenvalue weighted by atomic mass is 10.1. The molecule has 0 radical (unpaired) electrons. The molecule has 1 saturated heterocycles. The van der Waals surface area contributed by atoms with Crippen molar-refractivity contribution in [3.8, 4) is 0 Å². The molecule has 2 aliphatic heterocycles. The molecule has 0 saturated carbocycles. The van der Waals surface area contributed by atoms with E-state index in [1.807, 2.05) is 6.20 Å². The van der Waals surface area contributed by atoms with Gasteiger partial charge >= 0.3 is 0 Å². The van der Waals surface area contributed by atoms with Gasteiger partial charge in [-0.2, -0.15) is 5.53 Å². The Labute approximate surface area is 114 Å². The highest BCUT2D eigenvalue weighted by molar-refractivity contribution is 5.76. The van der Waals surface area contributed by atoms with Crippen molar-refractivity contribution in [2.24, 2.45) is 0 Å². The molecule has 0 unspecified atom stereocenters. The molecular weight excluding hydrogens is 242 g/mol. The van der Waals surface area contributed by atoms with Gasteiger partial charge in [0.25, 0.3) is 0 Å². The average molecular weight is 267 g/mol. The number of hydrazine groups is 2. The fraction of sp³-hybridized carbons (Fsp3) is 0.769. The quantitative estimate of drug-likeness (QED) is 0.518. The third-order valence-electron chi connectivity index (χ3n) is 3.73. The molecule has 6 heteroatoms. The normalized spacial score (nSPS) is 20.6. The van der Waals surface area contributed by atoms with Crippen LogP contribution >= 0.6 is 0 Å². The van der Waals surface area contributed by atoms with Crippen LogP contribution < -0.4 is 21.7 Å². The Kier molecular flexibility index (Phi) is 5.47. The number of piperidine rings is 1. The number of nitrogens with zero attached hydrogens (tertiary/aromatic N) is 1. The highest BCUT2D eigenvalue weighted by Crippen LogP contribution is 2.10. The average Bonchev–Trinajstić information content (AvgIpc) is 2.91. The Morgan fingerprint density at radius 2 is 2.21 bits per heavy atom. The van der Waals surface area contributed by atoms with Crippen molar-refractivity contribution in [2.75, 3.05) is 20.1 Å². The van der Waals surface area contributed by atoms with Crippen LogP contribution in [-0.4, -0.2) is 37.0 Å². The van der Waals surface area contributed by atoms with Crippen molar-refractivity contribution in [1.29, 1.82) is 0 Å².